The minimum atomic E-state index is -1.07. The fourth-order valence-electron chi connectivity index (χ4n) is 10.5. The molecule has 0 saturated heterocycles. The molecule has 1 aromatic heterocycles. The smallest absolute Gasteiger partial charge is 0.496 e. The molecule has 0 bridgehead atoms. The van der Waals surface area contributed by atoms with Crippen molar-refractivity contribution in [3.05, 3.63) is 24.0 Å². The largest absolute Gasteiger partial charge is 0.534 e. The predicted octanol–water partition coefficient (Wildman–Crippen LogP) is 8.15. The van der Waals surface area contributed by atoms with Crippen molar-refractivity contribution in [2.75, 3.05) is 52.9 Å². The van der Waals surface area contributed by atoms with Gasteiger partial charge in [-0.05, 0) is 103 Å². The highest BCUT2D eigenvalue weighted by Gasteiger charge is 2.60. The number of hydrogen-bond acceptors (Lipinski definition) is 9. The van der Waals surface area contributed by atoms with Crippen LogP contribution in [0, 0.1) is 52.3 Å². The maximum absolute atomic E-state index is 11.6. The quantitative estimate of drug-likeness (QED) is 0.109. The number of fused-ring (bicyclic) bond motifs is 5. The molecule has 2 N–H and O–H groups in total. The summed E-state index contributed by atoms with van der Waals surface area (Å²) in [5, 5.41) is 18.9. The molecule has 8 atom stereocenters. The number of hydrogen-bond donors (Lipinski definition) is 2. The molecule has 1 aromatic rings. The summed E-state index contributed by atoms with van der Waals surface area (Å²) < 4.78 is 28.3. The molecule has 8 unspecified atom stereocenters. The molecule has 50 heavy (non-hydrogen) atoms. The van der Waals surface area contributed by atoms with E-state index in [2.05, 4.69) is 45.5 Å². The Labute approximate surface area is 300 Å². The molecule has 0 aliphatic heterocycles. The van der Waals surface area contributed by atoms with Crippen LogP contribution in [0.1, 0.15) is 105 Å². The SMILES string of the molecule is CC(C)CCCC(C)C1CCC2C3CCC4C=C(OCCOCCOCCOCCOC(=O)On5c(O)ccc5O)CCC4(C)C3CCC12C. The number of carbonyl (C=O) groups is 1. The molecular formula is C40H65NO9. The van der Waals surface area contributed by atoms with Crippen LogP contribution in [0.2, 0.25) is 0 Å². The van der Waals surface area contributed by atoms with Gasteiger partial charge in [-0.3, -0.25) is 4.84 Å². The van der Waals surface area contributed by atoms with Crippen molar-refractivity contribution in [1.29, 1.82) is 0 Å². The van der Waals surface area contributed by atoms with Gasteiger partial charge in [-0.15, -0.1) is 4.73 Å². The lowest BCUT2D eigenvalue weighted by molar-refractivity contribution is -0.0991. The zero-order valence-electron chi connectivity index (χ0n) is 31.4. The fraction of sp³-hybridized carbons (Fsp3) is 0.825. The number of ether oxygens (including phenoxy) is 5. The van der Waals surface area contributed by atoms with Crippen LogP contribution in [-0.2, 0) is 23.7 Å². The molecule has 1 heterocycles. The van der Waals surface area contributed by atoms with Gasteiger partial charge in [0.2, 0.25) is 11.8 Å². The van der Waals surface area contributed by atoms with Crippen LogP contribution in [0.25, 0.3) is 0 Å². The monoisotopic (exact) mass is 703 g/mol. The fourth-order valence-corrected chi connectivity index (χ4v) is 10.5. The highest BCUT2D eigenvalue weighted by Crippen LogP contribution is 2.68. The van der Waals surface area contributed by atoms with Gasteiger partial charge in [0.15, 0.2) is 0 Å². The van der Waals surface area contributed by atoms with E-state index in [9.17, 15) is 15.0 Å². The molecule has 3 fully saturated rings. The Balaban J connectivity index is 0.918. The average molecular weight is 704 g/mol. The van der Waals surface area contributed by atoms with Gasteiger partial charge in [-0.25, -0.2) is 4.79 Å². The molecule has 0 spiro atoms. The maximum Gasteiger partial charge on any atom is 0.534 e. The lowest BCUT2D eigenvalue weighted by Crippen LogP contribution is -2.52. The number of nitrogens with zero attached hydrogens (tertiary/aromatic N) is 1. The Kier molecular flexibility index (Phi) is 13.9. The molecule has 5 rings (SSSR count). The third kappa shape index (κ3) is 9.32. The molecule has 4 aliphatic carbocycles. The molecule has 3 saturated carbocycles. The molecule has 10 nitrogen and oxygen atoms in total. The predicted molar refractivity (Wildman–Crippen MR) is 191 cm³/mol. The standard InChI is InChI=1S/C40H65NO9/c1-28(2)7-6-8-29(3)33-11-12-34-32-10-9-30-27-31(15-17-39(30,4)35(32)16-18-40(33,34)5)48-25-23-46-21-19-45-20-22-47-24-26-49-38(44)50-41-36(42)13-14-37(41)43/h13-14,27-30,32-35,42-43H,6-12,15-26H2,1-5H3. The Morgan fingerprint density at radius 1 is 0.800 bits per heavy atom. The first-order valence-electron chi connectivity index (χ1n) is 19.5. The van der Waals surface area contributed by atoms with E-state index in [4.69, 9.17) is 23.7 Å². The van der Waals surface area contributed by atoms with Gasteiger partial charge in [0.05, 0.1) is 45.4 Å². The van der Waals surface area contributed by atoms with Gasteiger partial charge in [-0.1, -0.05) is 53.9 Å². The molecule has 0 amide bonds. The normalized spacial score (nSPS) is 31.0. The van der Waals surface area contributed by atoms with Crippen LogP contribution in [0.15, 0.2) is 24.0 Å². The van der Waals surface area contributed by atoms with Gasteiger partial charge in [-0.2, -0.15) is 0 Å². The lowest BCUT2D eigenvalue weighted by atomic mass is 9.45. The molecular weight excluding hydrogens is 638 g/mol. The number of rotatable bonds is 19. The number of aromatic hydroxyl groups is 2. The van der Waals surface area contributed by atoms with Crippen molar-refractivity contribution < 1.29 is 43.5 Å². The van der Waals surface area contributed by atoms with Crippen LogP contribution in [-0.4, -0.2) is 74.0 Å². The van der Waals surface area contributed by atoms with Gasteiger partial charge in [0, 0.05) is 18.6 Å². The van der Waals surface area contributed by atoms with E-state index >= 15 is 0 Å². The minimum Gasteiger partial charge on any atom is -0.496 e. The summed E-state index contributed by atoms with van der Waals surface area (Å²) in [6.45, 7) is 15.5. The van der Waals surface area contributed by atoms with Crippen LogP contribution in [0.4, 0.5) is 4.79 Å². The van der Waals surface area contributed by atoms with Crippen molar-refractivity contribution in [2.24, 2.45) is 52.3 Å². The summed E-state index contributed by atoms with van der Waals surface area (Å²) in [5.74, 6) is 6.27. The van der Waals surface area contributed by atoms with E-state index in [1.54, 1.807) is 0 Å². The van der Waals surface area contributed by atoms with E-state index in [-0.39, 0.29) is 13.2 Å². The number of carbonyl (C=O) groups excluding carboxylic acids is 1. The zero-order chi connectivity index (χ0) is 35.7. The first-order chi connectivity index (χ1) is 24.0. The summed E-state index contributed by atoms with van der Waals surface area (Å²) in [5.41, 5.74) is 0.963. The topological polar surface area (TPSA) is 118 Å². The average Bonchev–Trinajstić information content (AvgIpc) is 3.60. The van der Waals surface area contributed by atoms with E-state index in [1.165, 1.54) is 76.3 Å². The Hall–Kier alpha value is -2.43. The van der Waals surface area contributed by atoms with Crippen LogP contribution < -0.4 is 4.84 Å². The Bertz CT molecular complexity index is 1230. The zero-order valence-corrected chi connectivity index (χ0v) is 31.4. The Morgan fingerprint density at radius 2 is 1.44 bits per heavy atom. The van der Waals surface area contributed by atoms with Crippen LogP contribution in [0.5, 0.6) is 11.8 Å². The van der Waals surface area contributed by atoms with Gasteiger partial charge < -0.3 is 33.9 Å². The first-order valence-corrected chi connectivity index (χ1v) is 19.5. The summed E-state index contributed by atoms with van der Waals surface area (Å²) >= 11 is 0. The molecule has 10 heteroatoms. The van der Waals surface area contributed by atoms with Crippen molar-refractivity contribution in [3.8, 4) is 11.8 Å². The second kappa shape index (κ2) is 17.9. The van der Waals surface area contributed by atoms with E-state index < -0.39 is 17.9 Å². The second-order valence-electron chi connectivity index (χ2n) is 16.4. The van der Waals surface area contributed by atoms with Crippen LogP contribution >= 0.6 is 0 Å². The number of aromatic nitrogens is 1. The Morgan fingerprint density at radius 3 is 2.12 bits per heavy atom. The molecule has 284 valence electrons. The summed E-state index contributed by atoms with van der Waals surface area (Å²) in [6.07, 6.45) is 16.4. The minimum absolute atomic E-state index is 0.0408. The highest BCUT2D eigenvalue weighted by atomic mass is 16.8. The van der Waals surface area contributed by atoms with Crippen molar-refractivity contribution in [2.45, 2.75) is 105 Å². The van der Waals surface area contributed by atoms with Crippen molar-refractivity contribution in [1.82, 2.24) is 4.73 Å². The molecule has 0 radical (unpaired) electrons. The first kappa shape index (κ1) is 38.8. The third-order valence-electron chi connectivity index (χ3n) is 13.1. The second-order valence-corrected chi connectivity index (χ2v) is 16.4. The molecule has 0 aromatic carbocycles. The lowest BCUT2D eigenvalue weighted by Gasteiger charge is -2.60. The van der Waals surface area contributed by atoms with E-state index in [1.807, 2.05) is 0 Å². The highest BCUT2D eigenvalue weighted by molar-refractivity contribution is 5.60. The van der Waals surface area contributed by atoms with Gasteiger partial charge in [0.25, 0.3) is 0 Å². The molecule has 4 aliphatic rings. The van der Waals surface area contributed by atoms with Crippen molar-refractivity contribution in [3.63, 3.8) is 0 Å². The summed E-state index contributed by atoms with van der Waals surface area (Å²) in [7, 11) is 0. The van der Waals surface area contributed by atoms with E-state index in [0.717, 1.165) is 47.7 Å². The summed E-state index contributed by atoms with van der Waals surface area (Å²) in [4.78, 5) is 16.3. The van der Waals surface area contributed by atoms with Gasteiger partial charge in [0.1, 0.15) is 13.2 Å². The van der Waals surface area contributed by atoms with E-state index in [0.29, 0.717) is 61.1 Å². The van der Waals surface area contributed by atoms with Crippen molar-refractivity contribution >= 4 is 6.16 Å². The maximum atomic E-state index is 11.6. The third-order valence-corrected chi connectivity index (χ3v) is 13.1. The van der Waals surface area contributed by atoms with Crippen LogP contribution in [0.3, 0.4) is 0 Å². The number of allylic oxidation sites excluding steroid dienone is 2. The summed E-state index contributed by atoms with van der Waals surface area (Å²) in [6, 6.07) is 2.36. The van der Waals surface area contributed by atoms with Gasteiger partial charge >= 0.3 is 6.16 Å².